The standard InChI is InChI=1S/C12H17N3S/c1-9-13-5-6-15(9)7-11-14-10(8-16-11)12(2,3)4/h5-6,8H,7H2,1-4H3. The van der Waals surface area contributed by atoms with Crippen molar-refractivity contribution < 1.29 is 0 Å². The first-order valence-electron chi connectivity index (χ1n) is 5.39. The molecule has 3 nitrogen and oxygen atoms in total. The molecule has 16 heavy (non-hydrogen) atoms. The van der Waals surface area contributed by atoms with Gasteiger partial charge in [-0.15, -0.1) is 11.3 Å². The van der Waals surface area contributed by atoms with Gasteiger partial charge in [0.05, 0.1) is 12.2 Å². The second-order valence-electron chi connectivity index (χ2n) is 4.98. The molecule has 0 amide bonds. The third-order valence-corrected chi connectivity index (χ3v) is 3.38. The van der Waals surface area contributed by atoms with E-state index in [2.05, 4.69) is 40.7 Å². The number of hydrogen-bond donors (Lipinski definition) is 0. The number of nitrogens with zero attached hydrogens (tertiary/aromatic N) is 3. The van der Waals surface area contributed by atoms with Crippen LogP contribution in [0.5, 0.6) is 0 Å². The number of aromatic nitrogens is 3. The topological polar surface area (TPSA) is 30.7 Å². The highest BCUT2D eigenvalue weighted by atomic mass is 32.1. The SMILES string of the molecule is Cc1nccn1Cc1nc(C(C)(C)C)cs1. The predicted molar refractivity (Wildman–Crippen MR) is 66.9 cm³/mol. The molecule has 86 valence electrons. The Morgan fingerprint density at radius 2 is 2.12 bits per heavy atom. The minimum atomic E-state index is 0.138. The van der Waals surface area contributed by atoms with Crippen LogP contribution in [0.3, 0.4) is 0 Å². The molecule has 0 N–H and O–H groups in total. The lowest BCUT2D eigenvalue weighted by Gasteiger charge is -2.14. The van der Waals surface area contributed by atoms with E-state index in [4.69, 9.17) is 0 Å². The predicted octanol–water partition coefficient (Wildman–Crippen LogP) is 2.99. The fourth-order valence-corrected chi connectivity index (χ4v) is 2.46. The van der Waals surface area contributed by atoms with Gasteiger partial charge in [0.1, 0.15) is 10.8 Å². The van der Waals surface area contributed by atoms with Gasteiger partial charge in [0.25, 0.3) is 0 Å². The van der Waals surface area contributed by atoms with E-state index in [-0.39, 0.29) is 5.41 Å². The van der Waals surface area contributed by atoms with Crippen molar-refractivity contribution in [1.29, 1.82) is 0 Å². The Morgan fingerprint density at radius 1 is 1.38 bits per heavy atom. The fourth-order valence-electron chi connectivity index (χ4n) is 1.44. The Hall–Kier alpha value is -1.16. The second kappa shape index (κ2) is 4.01. The van der Waals surface area contributed by atoms with Gasteiger partial charge < -0.3 is 4.57 Å². The molecule has 2 heterocycles. The van der Waals surface area contributed by atoms with Crippen LogP contribution in [-0.2, 0) is 12.0 Å². The number of imidazole rings is 1. The molecule has 0 atom stereocenters. The van der Waals surface area contributed by atoms with Crippen molar-refractivity contribution in [2.24, 2.45) is 0 Å². The van der Waals surface area contributed by atoms with Gasteiger partial charge in [0, 0.05) is 23.2 Å². The minimum Gasteiger partial charge on any atom is -0.328 e. The quantitative estimate of drug-likeness (QED) is 0.801. The molecule has 0 saturated heterocycles. The van der Waals surface area contributed by atoms with Gasteiger partial charge in [-0.25, -0.2) is 9.97 Å². The lowest BCUT2D eigenvalue weighted by Crippen LogP contribution is -2.12. The van der Waals surface area contributed by atoms with Gasteiger partial charge in [-0.1, -0.05) is 20.8 Å². The second-order valence-corrected chi connectivity index (χ2v) is 5.92. The Balaban J connectivity index is 2.18. The van der Waals surface area contributed by atoms with Crippen LogP contribution in [0.4, 0.5) is 0 Å². The van der Waals surface area contributed by atoms with E-state index in [9.17, 15) is 0 Å². The maximum Gasteiger partial charge on any atom is 0.113 e. The first-order chi connectivity index (χ1) is 7.47. The minimum absolute atomic E-state index is 0.138. The lowest BCUT2D eigenvalue weighted by atomic mass is 9.93. The number of hydrogen-bond acceptors (Lipinski definition) is 3. The van der Waals surface area contributed by atoms with Crippen molar-refractivity contribution >= 4 is 11.3 Å². The van der Waals surface area contributed by atoms with E-state index in [1.807, 2.05) is 19.3 Å². The molecule has 0 aliphatic carbocycles. The molecule has 0 aliphatic rings. The van der Waals surface area contributed by atoms with Gasteiger partial charge in [-0.3, -0.25) is 0 Å². The van der Waals surface area contributed by atoms with E-state index in [1.165, 1.54) is 5.69 Å². The van der Waals surface area contributed by atoms with Crippen LogP contribution in [0, 0.1) is 6.92 Å². The highest BCUT2D eigenvalue weighted by molar-refractivity contribution is 7.09. The lowest BCUT2D eigenvalue weighted by molar-refractivity contribution is 0.569. The Labute approximate surface area is 100 Å². The summed E-state index contributed by atoms with van der Waals surface area (Å²) in [6.07, 6.45) is 3.82. The van der Waals surface area contributed by atoms with Crippen molar-refractivity contribution in [2.75, 3.05) is 0 Å². The average molecular weight is 235 g/mol. The number of aryl methyl sites for hydroxylation is 1. The Morgan fingerprint density at radius 3 is 2.62 bits per heavy atom. The first kappa shape index (κ1) is 11.3. The number of thiazole rings is 1. The third-order valence-electron chi connectivity index (χ3n) is 2.55. The van der Waals surface area contributed by atoms with Crippen LogP contribution < -0.4 is 0 Å². The molecule has 0 radical (unpaired) electrons. The van der Waals surface area contributed by atoms with Gasteiger partial charge in [-0.2, -0.15) is 0 Å². The van der Waals surface area contributed by atoms with Crippen molar-refractivity contribution in [1.82, 2.24) is 14.5 Å². The monoisotopic (exact) mass is 235 g/mol. The zero-order valence-electron chi connectivity index (χ0n) is 10.2. The molecule has 0 bridgehead atoms. The largest absolute Gasteiger partial charge is 0.328 e. The molecule has 0 aromatic carbocycles. The summed E-state index contributed by atoms with van der Waals surface area (Å²) in [7, 11) is 0. The Kier molecular flexibility index (Phi) is 2.84. The van der Waals surface area contributed by atoms with E-state index in [0.29, 0.717) is 0 Å². The van der Waals surface area contributed by atoms with Crippen molar-refractivity contribution in [3.63, 3.8) is 0 Å². The third kappa shape index (κ3) is 2.32. The van der Waals surface area contributed by atoms with Crippen molar-refractivity contribution in [3.05, 3.63) is 34.3 Å². The molecular formula is C12H17N3S. The van der Waals surface area contributed by atoms with Crippen LogP contribution in [-0.4, -0.2) is 14.5 Å². The van der Waals surface area contributed by atoms with Gasteiger partial charge in [-0.05, 0) is 6.92 Å². The molecule has 2 aromatic heterocycles. The molecular weight excluding hydrogens is 218 g/mol. The molecule has 0 unspecified atom stereocenters. The maximum absolute atomic E-state index is 4.67. The summed E-state index contributed by atoms with van der Waals surface area (Å²) in [5, 5.41) is 3.30. The van der Waals surface area contributed by atoms with E-state index >= 15 is 0 Å². The molecule has 0 fully saturated rings. The van der Waals surface area contributed by atoms with Crippen LogP contribution in [0.25, 0.3) is 0 Å². The molecule has 0 aliphatic heterocycles. The summed E-state index contributed by atoms with van der Waals surface area (Å²) in [5.41, 5.74) is 1.31. The summed E-state index contributed by atoms with van der Waals surface area (Å²) in [5.74, 6) is 1.03. The molecule has 2 rings (SSSR count). The highest BCUT2D eigenvalue weighted by Crippen LogP contribution is 2.24. The zero-order chi connectivity index (χ0) is 11.8. The van der Waals surface area contributed by atoms with Crippen molar-refractivity contribution in [3.8, 4) is 0 Å². The zero-order valence-corrected chi connectivity index (χ0v) is 11.0. The summed E-state index contributed by atoms with van der Waals surface area (Å²) < 4.78 is 2.12. The van der Waals surface area contributed by atoms with Crippen LogP contribution in [0.15, 0.2) is 17.8 Å². The maximum atomic E-state index is 4.67. The normalized spacial score (nSPS) is 12.0. The average Bonchev–Trinajstić information content (AvgIpc) is 2.76. The molecule has 2 aromatic rings. The highest BCUT2D eigenvalue weighted by Gasteiger charge is 2.17. The first-order valence-corrected chi connectivity index (χ1v) is 6.27. The number of rotatable bonds is 2. The summed E-state index contributed by atoms with van der Waals surface area (Å²) in [4.78, 5) is 8.88. The Bertz CT molecular complexity index is 476. The van der Waals surface area contributed by atoms with Crippen LogP contribution in [0.2, 0.25) is 0 Å². The van der Waals surface area contributed by atoms with Crippen molar-refractivity contribution in [2.45, 2.75) is 39.7 Å². The van der Waals surface area contributed by atoms with Gasteiger partial charge in [0.2, 0.25) is 0 Å². The molecule has 4 heteroatoms. The molecule has 0 saturated carbocycles. The van der Waals surface area contributed by atoms with Crippen LogP contribution >= 0.6 is 11.3 Å². The van der Waals surface area contributed by atoms with E-state index < -0.39 is 0 Å². The summed E-state index contributed by atoms with van der Waals surface area (Å²) >= 11 is 1.72. The van der Waals surface area contributed by atoms with E-state index in [0.717, 1.165) is 17.4 Å². The fraction of sp³-hybridized carbons (Fsp3) is 0.500. The summed E-state index contributed by atoms with van der Waals surface area (Å²) in [6, 6.07) is 0. The van der Waals surface area contributed by atoms with Crippen LogP contribution in [0.1, 0.15) is 37.3 Å². The molecule has 0 spiro atoms. The van der Waals surface area contributed by atoms with Gasteiger partial charge >= 0.3 is 0 Å². The van der Waals surface area contributed by atoms with Gasteiger partial charge in [0.15, 0.2) is 0 Å². The van der Waals surface area contributed by atoms with E-state index in [1.54, 1.807) is 11.3 Å². The smallest absolute Gasteiger partial charge is 0.113 e. The summed E-state index contributed by atoms with van der Waals surface area (Å²) in [6.45, 7) is 9.40.